The van der Waals surface area contributed by atoms with Crippen LogP contribution < -0.4 is 5.73 Å². The first kappa shape index (κ1) is 15.0. The molecule has 0 saturated carbocycles. The molecule has 0 heterocycles. The molecule has 0 aromatic rings. The van der Waals surface area contributed by atoms with Crippen LogP contribution in [0.25, 0.3) is 0 Å². The molecule has 0 bridgehead atoms. The molecule has 0 amide bonds. The zero-order chi connectivity index (χ0) is 14.9. The third kappa shape index (κ3) is 4.57. The highest BCUT2D eigenvalue weighted by Crippen LogP contribution is 2.18. The highest BCUT2D eigenvalue weighted by molar-refractivity contribution is 5.72. The molecule has 106 valence electrons. The average Bonchev–Trinajstić information content (AvgIpc) is 3.02. The Balaban J connectivity index is 2.00. The van der Waals surface area contributed by atoms with Crippen molar-refractivity contribution in [2.75, 3.05) is 0 Å². The van der Waals surface area contributed by atoms with E-state index < -0.39 is 0 Å². The van der Waals surface area contributed by atoms with Crippen LogP contribution in [0, 0.1) is 5.92 Å². The molecule has 2 nitrogen and oxygen atoms in total. The molecular formula is C19H20N2. The summed E-state index contributed by atoms with van der Waals surface area (Å²) in [5.74, 6) is 0.180. The molecule has 0 spiro atoms. The number of hydrogen-bond donors (Lipinski definition) is 1. The smallest absolute Gasteiger partial charge is 0.0869 e. The summed E-state index contributed by atoms with van der Waals surface area (Å²) in [5, 5.41) is 0. The predicted octanol–water partition coefficient (Wildman–Crippen LogP) is 3.45. The quantitative estimate of drug-likeness (QED) is 0.450. The topological polar surface area (TPSA) is 38.4 Å². The number of allylic oxidation sites excluding steroid dienone is 10. The summed E-state index contributed by atoms with van der Waals surface area (Å²) in [6.45, 7) is 3.70. The van der Waals surface area contributed by atoms with E-state index in [-0.39, 0.29) is 18.0 Å². The van der Waals surface area contributed by atoms with E-state index in [9.17, 15) is 0 Å². The minimum atomic E-state index is -0.0421. The SMILES string of the molecule is C=C/C=C\C(C=CC=NC1C=CC=CC1N)C1=C=CC=C1. The van der Waals surface area contributed by atoms with Crippen molar-refractivity contribution in [3.63, 3.8) is 0 Å². The average molecular weight is 276 g/mol. The number of rotatable bonds is 6. The van der Waals surface area contributed by atoms with Gasteiger partial charge in [-0.05, 0) is 18.2 Å². The van der Waals surface area contributed by atoms with E-state index in [1.165, 1.54) is 0 Å². The van der Waals surface area contributed by atoms with Gasteiger partial charge in [-0.15, -0.1) is 5.73 Å². The van der Waals surface area contributed by atoms with E-state index in [1.54, 1.807) is 6.08 Å². The van der Waals surface area contributed by atoms with Crippen molar-refractivity contribution >= 4 is 6.21 Å². The van der Waals surface area contributed by atoms with E-state index in [1.807, 2.05) is 54.8 Å². The minimum absolute atomic E-state index is 0.0207. The zero-order valence-electron chi connectivity index (χ0n) is 12.0. The maximum Gasteiger partial charge on any atom is 0.0869 e. The molecule has 21 heavy (non-hydrogen) atoms. The van der Waals surface area contributed by atoms with Crippen LogP contribution in [0.5, 0.6) is 0 Å². The van der Waals surface area contributed by atoms with E-state index in [0.29, 0.717) is 0 Å². The summed E-state index contributed by atoms with van der Waals surface area (Å²) in [6.07, 6.45) is 25.5. The lowest BCUT2D eigenvalue weighted by atomic mass is 9.99. The molecule has 2 aliphatic carbocycles. The molecule has 2 heteroatoms. The van der Waals surface area contributed by atoms with Gasteiger partial charge in [-0.1, -0.05) is 61.3 Å². The highest BCUT2D eigenvalue weighted by Gasteiger charge is 2.11. The van der Waals surface area contributed by atoms with Gasteiger partial charge in [0.05, 0.1) is 6.04 Å². The van der Waals surface area contributed by atoms with Gasteiger partial charge in [0, 0.05) is 23.7 Å². The van der Waals surface area contributed by atoms with Gasteiger partial charge in [0.2, 0.25) is 0 Å². The molecule has 3 atom stereocenters. The fraction of sp³-hybridized carbons (Fsp3) is 0.158. The van der Waals surface area contributed by atoms with Crippen molar-refractivity contribution < 1.29 is 0 Å². The van der Waals surface area contributed by atoms with E-state index in [4.69, 9.17) is 5.73 Å². The lowest BCUT2D eigenvalue weighted by Crippen LogP contribution is -2.31. The standard InChI is InChI=1S/C19H20N2/c1-2-3-9-16(17-10-4-5-11-17)12-8-15-21-19-14-7-6-13-18(19)20/h2-10,12-16,18-19H,1,20H2/b9-3-,12-8?,21-15?. The van der Waals surface area contributed by atoms with Crippen LogP contribution in [0.4, 0.5) is 0 Å². The van der Waals surface area contributed by atoms with E-state index in [0.717, 1.165) is 5.57 Å². The van der Waals surface area contributed by atoms with Crippen LogP contribution in [-0.2, 0) is 0 Å². The lowest BCUT2D eigenvalue weighted by molar-refractivity contribution is 0.704. The van der Waals surface area contributed by atoms with Crippen molar-refractivity contribution in [2.24, 2.45) is 16.6 Å². The number of aliphatic imine (C=N–C) groups is 1. The zero-order valence-corrected chi connectivity index (χ0v) is 12.0. The summed E-state index contributed by atoms with van der Waals surface area (Å²) >= 11 is 0. The summed E-state index contributed by atoms with van der Waals surface area (Å²) in [4.78, 5) is 4.47. The van der Waals surface area contributed by atoms with Gasteiger partial charge in [0.15, 0.2) is 0 Å². The Morgan fingerprint density at radius 1 is 1.19 bits per heavy atom. The van der Waals surface area contributed by atoms with Gasteiger partial charge in [0.1, 0.15) is 0 Å². The molecule has 0 aromatic heterocycles. The van der Waals surface area contributed by atoms with Crippen molar-refractivity contribution in [3.05, 3.63) is 90.8 Å². The molecule has 0 saturated heterocycles. The maximum atomic E-state index is 5.96. The Bertz CT molecular complexity index is 605. The first-order valence-electron chi connectivity index (χ1n) is 7.04. The number of nitrogens with two attached hydrogens (primary N) is 1. The van der Waals surface area contributed by atoms with Crippen molar-refractivity contribution in [1.29, 1.82) is 0 Å². The van der Waals surface area contributed by atoms with E-state index >= 15 is 0 Å². The van der Waals surface area contributed by atoms with E-state index in [2.05, 4.69) is 35.5 Å². The normalized spacial score (nSPS) is 25.5. The molecule has 2 aliphatic rings. The molecular weight excluding hydrogens is 256 g/mol. The largest absolute Gasteiger partial charge is 0.322 e. The molecule has 3 unspecified atom stereocenters. The number of nitrogens with zero attached hydrogens (tertiary/aromatic N) is 1. The third-order valence-corrected chi connectivity index (χ3v) is 3.25. The Hall–Kier alpha value is -2.41. The molecule has 0 radical (unpaired) electrons. The summed E-state index contributed by atoms with van der Waals surface area (Å²) < 4.78 is 0. The number of hydrogen-bond acceptors (Lipinski definition) is 2. The van der Waals surface area contributed by atoms with Crippen LogP contribution >= 0.6 is 0 Å². The first-order valence-corrected chi connectivity index (χ1v) is 7.04. The summed E-state index contributed by atoms with van der Waals surface area (Å²) in [5.41, 5.74) is 10.3. The van der Waals surface area contributed by atoms with Gasteiger partial charge >= 0.3 is 0 Å². The molecule has 0 fully saturated rings. The van der Waals surface area contributed by atoms with Crippen LogP contribution in [0.2, 0.25) is 0 Å². The molecule has 2 rings (SSSR count). The third-order valence-electron chi connectivity index (χ3n) is 3.25. The van der Waals surface area contributed by atoms with Gasteiger partial charge in [-0.25, -0.2) is 0 Å². The van der Waals surface area contributed by atoms with Gasteiger partial charge in [-0.3, -0.25) is 4.99 Å². The van der Waals surface area contributed by atoms with Crippen LogP contribution in [-0.4, -0.2) is 18.3 Å². The second kappa shape index (κ2) is 8.01. The van der Waals surface area contributed by atoms with Gasteiger partial charge in [0.25, 0.3) is 0 Å². The Morgan fingerprint density at radius 3 is 2.71 bits per heavy atom. The Morgan fingerprint density at radius 2 is 2.00 bits per heavy atom. The molecule has 0 aliphatic heterocycles. The van der Waals surface area contributed by atoms with Crippen molar-refractivity contribution in [1.82, 2.24) is 0 Å². The minimum Gasteiger partial charge on any atom is -0.322 e. The monoisotopic (exact) mass is 276 g/mol. The Kier molecular flexibility index (Phi) is 5.71. The van der Waals surface area contributed by atoms with Crippen LogP contribution in [0.3, 0.4) is 0 Å². The van der Waals surface area contributed by atoms with Gasteiger partial charge in [-0.2, -0.15) is 0 Å². The fourth-order valence-electron chi connectivity index (χ4n) is 2.10. The first-order chi connectivity index (χ1) is 10.3. The van der Waals surface area contributed by atoms with Crippen molar-refractivity contribution in [3.8, 4) is 0 Å². The second-order valence-electron chi connectivity index (χ2n) is 4.79. The van der Waals surface area contributed by atoms with Crippen LogP contribution in [0.15, 0.2) is 95.8 Å². The Labute approximate surface area is 126 Å². The fourth-order valence-corrected chi connectivity index (χ4v) is 2.10. The summed E-state index contributed by atoms with van der Waals surface area (Å²) in [7, 11) is 0. The van der Waals surface area contributed by atoms with Gasteiger partial charge < -0.3 is 5.73 Å². The molecule has 0 aromatic carbocycles. The maximum absolute atomic E-state index is 5.96. The second-order valence-corrected chi connectivity index (χ2v) is 4.79. The van der Waals surface area contributed by atoms with Crippen LogP contribution in [0.1, 0.15) is 0 Å². The summed E-state index contributed by atoms with van der Waals surface area (Å²) in [6, 6.07) is -0.0215. The van der Waals surface area contributed by atoms with Crippen molar-refractivity contribution in [2.45, 2.75) is 12.1 Å². The molecule has 2 N–H and O–H groups in total. The lowest BCUT2D eigenvalue weighted by Gasteiger charge is -2.15. The highest BCUT2D eigenvalue weighted by atomic mass is 14.8. The predicted molar refractivity (Wildman–Crippen MR) is 91.2 cm³/mol.